The average molecular weight is 240 g/mol. The van der Waals surface area contributed by atoms with Crippen LogP contribution < -0.4 is 5.32 Å². The SMILES string of the molecule is CC1CCc2cc3ccc(C(C)C)cc3nc2N1. The Kier molecular flexibility index (Phi) is 2.73. The highest BCUT2D eigenvalue weighted by atomic mass is 15.0. The largest absolute Gasteiger partial charge is 0.367 e. The van der Waals surface area contributed by atoms with Crippen molar-refractivity contribution >= 4 is 16.7 Å². The summed E-state index contributed by atoms with van der Waals surface area (Å²) < 4.78 is 0. The van der Waals surface area contributed by atoms with Crippen molar-refractivity contribution < 1.29 is 0 Å². The van der Waals surface area contributed by atoms with Gasteiger partial charge in [0.15, 0.2) is 0 Å². The Bertz CT molecular complexity index is 587. The second-order valence-electron chi connectivity index (χ2n) is 5.69. The highest BCUT2D eigenvalue weighted by molar-refractivity contribution is 5.82. The third-order valence-corrected chi connectivity index (χ3v) is 3.82. The van der Waals surface area contributed by atoms with Gasteiger partial charge in [0, 0.05) is 11.4 Å². The maximum atomic E-state index is 4.80. The lowest BCUT2D eigenvalue weighted by atomic mass is 9.98. The summed E-state index contributed by atoms with van der Waals surface area (Å²) in [4.78, 5) is 4.80. The lowest BCUT2D eigenvalue weighted by Crippen LogP contribution is -2.22. The highest BCUT2D eigenvalue weighted by Gasteiger charge is 2.16. The lowest BCUT2D eigenvalue weighted by Gasteiger charge is -2.23. The average Bonchev–Trinajstić information content (AvgIpc) is 2.35. The molecule has 1 atom stereocenters. The Balaban J connectivity index is 2.13. The monoisotopic (exact) mass is 240 g/mol. The topological polar surface area (TPSA) is 24.9 Å². The molecular weight excluding hydrogens is 220 g/mol. The van der Waals surface area contributed by atoms with Crippen LogP contribution in [0.3, 0.4) is 0 Å². The summed E-state index contributed by atoms with van der Waals surface area (Å²) in [5, 5.41) is 4.75. The van der Waals surface area contributed by atoms with Gasteiger partial charge < -0.3 is 5.32 Å². The number of hydrogen-bond donors (Lipinski definition) is 1. The van der Waals surface area contributed by atoms with Crippen molar-refractivity contribution in [3.05, 3.63) is 35.4 Å². The van der Waals surface area contributed by atoms with E-state index in [-0.39, 0.29) is 0 Å². The molecular formula is C16H20N2. The van der Waals surface area contributed by atoms with Crippen LogP contribution in [-0.2, 0) is 6.42 Å². The zero-order valence-corrected chi connectivity index (χ0v) is 11.3. The fourth-order valence-electron chi connectivity index (χ4n) is 2.58. The first-order valence-electron chi connectivity index (χ1n) is 6.83. The first-order valence-corrected chi connectivity index (χ1v) is 6.83. The van der Waals surface area contributed by atoms with Gasteiger partial charge in [-0.05, 0) is 48.9 Å². The van der Waals surface area contributed by atoms with Crippen LogP contribution in [0.15, 0.2) is 24.3 Å². The van der Waals surface area contributed by atoms with Gasteiger partial charge in [0.1, 0.15) is 5.82 Å². The van der Waals surface area contributed by atoms with Gasteiger partial charge in [0.25, 0.3) is 0 Å². The van der Waals surface area contributed by atoms with Crippen LogP contribution >= 0.6 is 0 Å². The number of aromatic nitrogens is 1. The molecule has 1 aromatic heterocycles. The van der Waals surface area contributed by atoms with Crippen LogP contribution in [0.1, 0.15) is 44.2 Å². The Labute approximate surface area is 108 Å². The van der Waals surface area contributed by atoms with Crippen LogP contribution in [-0.4, -0.2) is 11.0 Å². The predicted octanol–water partition coefficient (Wildman–Crippen LogP) is 4.10. The first kappa shape index (κ1) is 11.5. The number of nitrogens with zero attached hydrogens (tertiary/aromatic N) is 1. The molecule has 0 saturated heterocycles. The van der Waals surface area contributed by atoms with Crippen molar-refractivity contribution in [3.8, 4) is 0 Å². The molecule has 18 heavy (non-hydrogen) atoms. The summed E-state index contributed by atoms with van der Waals surface area (Å²) in [7, 11) is 0. The summed E-state index contributed by atoms with van der Waals surface area (Å²) in [6.45, 7) is 6.67. The Morgan fingerprint density at radius 1 is 1.28 bits per heavy atom. The highest BCUT2D eigenvalue weighted by Crippen LogP contribution is 2.28. The molecule has 2 aromatic rings. The van der Waals surface area contributed by atoms with Crippen molar-refractivity contribution in [1.29, 1.82) is 0 Å². The number of benzene rings is 1. The molecule has 2 heteroatoms. The number of pyridine rings is 1. The van der Waals surface area contributed by atoms with E-state index >= 15 is 0 Å². The van der Waals surface area contributed by atoms with E-state index in [1.165, 1.54) is 22.9 Å². The van der Waals surface area contributed by atoms with Gasteiger partial charge in [0.2, 0.25) is 0 Å². The molecule has 0 bridgehead atoms. The summed E-state index contributed by atoms with van der Waals surface area (Å²) in [5.74, 6) is 1.64. The van der Waals surface area contributed by atoms with Gasteiger partial charge in [-0.15, -0.1) is 0 Å². The summed E-state index contributed by atoms with van der Waals surface area (Å²) in [5.41, 5.74) is 3.83. The maximum absolute atomic E-state index is 4.80. The molecule has 1 N–H and O–H groups in total. The van der Waals surface area contributed by atoms with Gasteiger partial charge in [-0.3, -0.25) is 0 Å². The van der Waals surface area contributed by atoms with E-state index in [9.17, 15) is 0 Å². The van der Waals surface area contributed by atoms with E-state index < -0.39 is 0 Å². The minimum absolute atomic E-state index is 0.538. The van der Waals surface area contributed by atoms with Crippen molar-refractivity contribution in [2.45, 2.75) is 45.6 Å². The molecule has 0 fully saturated rings. The molecule has 1 unspecified atom stereocenters. The normalized spacial score (nSPS) is 18.8. The molecule has 0 spiro atoms. The molecule has 2 heterocycles. The van der Waals surface area contributed by atoms with Gasteiger partial charge in [-0.1, -0.05) is 26.0 Å². The third kappa shape index (κ3) is 1.96. The van der Waals surface area contributed by atoms with Crippen LogP contribution in [0.25, 0.3) is 10.9 Å². The van der Waals surface area contributed by atoms with Crippen LogP contribution in [0, 0.1) is 0 Å². The second kappa shape index (κ2) is 4.27. The van der Waals surface area contributed by atoms with Gasteiger partial charge in [0.05, 0.1) is 5.52 Å². The summed E-state index contributed by atoms with van der Waals surface area (Å²) in [6.07, 6.45) is 2.34. The molecule has 1 aromatic carbocycles. The molecule has 3 rings (SSSR count). The molecule has 94 valence electrons. The van der Waals surface area contributed by atoms with Gasteiger partial charge in [-0.2, -0.15) is 0 Å². The third-order valence-electron chi connectivity index (χ3n) is 3.82. The van der Waals surface area contributed by atoms with Gasteiger partial charge >= 0.3 is 0 Å². The number of rotatable bonds is 1. The van der Waals surface area contributed by atoms with Gasteiger partial charge in [-0.25, -0.2) is 4.98 Å². The zero-order chi connectivity index (χ0) is 12.7. The Hall–Kier alpha value is -1.57. The van der Waals surface area contributed by atoms with Crippen molar-refractivity contribution in [2.75, 3.05) is 5.32 Å². The van der Waals surface area contributed by atoms with Crippen LogP contribution in [0.4, 0.5) is 5.82 Å². The number of aryl methyl sites for hydroxylation is 1. The molecule has 0 saturated carbocycles. The minimum Gasteiger partial charge on any atom is -0.367 e. The summed E-state index contributed by atoms with van der Waals surface area (Å²) >= 11 is 0. The first-order chi connectivity index (χ1) is 8.63. The van der Waals surface area contributed by atoms with Crippen molar-refractivity contribution in [1.82, 2.24) is 4.98 Å². The molecule has 0 radical (unpaired) electrons. The van der Waals surface area contributed by atoms with E-state index in [2.05, 4.69) is 50.4 Å². The molecule has 0 aliphatic carbocycles. The zero-order valence-electron chi connectivity index (χ0n) is 11.3. The fraction of sp³-hybridized carbons (Fsp3) is 0.438. The summed E-state index contributed by atoms with van der Waals surface area (Å²) in [6, 6.07) is 9.48. The minimum atomic E-state index is 0.538. The smallest absolute Gasteiger partial charge is 0.130 e. The van der Waals surface area contributed by atoms with Crippen molar-refractivity contribution in [2.24, 2.45) is 0 Å². The van der Waals surface area contributed by atoms with E-state index in [1.807, 2.05) is 0 Å². The lowest BCUT2D eigenvalue weighted by molar-refractivity contribution is 0.675. The Morgan fingerprint density at radius 2 is 2.11 bits per heavy atom. The van der Waals surface area contributed by atoms with Crippen LogP contribution in [0.5, 0.6) is 0 Å². The molecule has 1 aliphatic rings. The fourth-order valence-corrected chi connectivity index (χ4v) is 2.58. The number of anilines is 1. The van der Waals surface area contributed by atoms with E-state index in [0.717, 1.165) is 17.8 Å². The van der Waals surface area contributed by atoms with Crippen LogP contribution in [0.2, 0.25) is 0 Å². The second-order valence-corrected chi connectivity index (χ2v) is 5.69. The Morgan fingerprint density at radius 3 is 2.89 bits per heavy atom. The quantitative estimate of drug-likeness (QED) is 0.811. The number of nitrogens with one attached hydrogen (secondary N) is 1. The number of hydrogen-bond acceptors (Lipinski definition) is 2. The maximum Gasteiger partial charge on any atom is 0.130 e. The molecule has 0 amide bonds. The molecule has 1 aliphatic heterocycles. The van der Waals surface area contributed by atoms with E-state index in [0.29, 0.717) is 12.0 Å². The predicted molar refractivity (Wildman–Crippen MR) is 77.2 cm³/mol. The standard InChI is InChI=1S/C16H20N2/c1-10(2)12-6-7-13-8-14-5-4-11(3)17-16(14)18-15(13)9-12/h6-11H,4-5H2,1-3H3,(H,17,18). The van der Waals surface area contributed by atoms with Crippen molar-refractivity contribution in [3.63, 3.8) is 0 Å². The number of fused-ring (bicyclic) bond motifs is 2. The molecule has 2 nitrogen and oxygen atoms in total. The van der Waals surface area contributed by atoms with E-state index in [1.54, 1.807) is 0 Å². The van der Waals surface area contributed by atoms with E-state index in [4.69, 9.17) is 4.98 Å².